The fourth-order valence-corrected chi connectivity index (χ4v) is 0. The molecule has 0 bridgehead atoms. The van der Waals surface area contributed by atoms with E-state index in [1.165, 1.54) is 0 Å². The SMILES string of the molecule is C[Si](Cl)(Cl)Cl.[CH3]. The van der Waals surface area contributed by atoms with Gasteiger partial charge >= 0.3 is 6.00 Å². The molecule has 4 heteroatoms. The van der Waals surface area contributed by atoms with Crippen molar-refractivity contribution in [3.8, 4) is 0 Å². The van der Waals surface area contributed by atoms with E-state index < -0.39 is 6.00 Å². The van der Waals surface area contributed by atoms with E-state index in [9.17, 15) is 0 Å². The molecule has 1 radical (unpaired) electrons. The van der Waals surface area contributed by atoms with E-state index in [2.05, 4.69) is 0 Å². The van der Waals surface area contributed by atoms with Crippen molar-refractivity contribution in [2.75, 3.05) is 0 Å². The minimum Gasteiger partial charge on any atom is -0.126 e. The van der Waals surface area contributed by atoms with Gasteiger partial charge in [0.2, 0.25) is 0 Å². The van der Waals surface area contributed by atoms with E-state index in [-0.39, 0.29) is 7.43 Å². The van der Waals surface area contributed by atoms with Crippen molar-refractivity contribution in [2.24, 2.45) is 0 Å². The van der Waals surface area contributed by atoms with E-state index in [4.69, 9.17) is 33.2 Å². The zero-order valence-electron chi connectivity index (χ0n) is 3.63. The molecule has 0 aliphatic heterocycles. The van der Waals surface area contributed by atoms with E-state index in [1.807, 2.05) is 0 Å². The van der Waals surface area contributed by atoms with Gasteiger partial charge in [-0.3, -0.25) is 0 Å². The highest BCUT2D eigenvalue weighted by Gasteiger charge is 2.13. The predicted octanol–water partition coefficient (Wildman–Crippen LogP) is 2.72. The number of hydrogen-bond donors (Lipinski definition) is 0. The van der Waals surface area contributed by atoms with Gasteiger partial charge in [-0.25, -0.2) is 0 Å². The molecular formula is C2H6Cl3Si. The largest absolute Gasteiger partial charge is 0.338 e. The van der Waals surface area contributed by atoms with Crippen LogP contribution in [0.1, 0.15) is 0 Å². The van der Waals surface area contributed by atoms with Gasteiger partial charge in [0.1, 0.15) is 0 Å². The lowest BCUT2D eigenvalue weighted by molar-refractivity contribution is 2.31. The molecular weight excluding hydrogens is 158 g/mol. The van der Waals surface area contributed by atoms with Gasteiger partial charge in [0, 0.05) is 0 Å². The summed E-state index contributed by atoms with van der Waals surface area (Å²) in [4.78, 5) is 0. The van der Waals surface area contributed by atoms with Gasteiger partial charge in [0.15, 0.2) is 0 Å². The summed E-state index contributed by atoms with van der Waals surface area (Å²) >= 11 is 15.6. The van der Waals surface area contributed by atoms with E-state index >= 15 is 0 Å². The van der Waals surface area contributed by atoms with Crippen molar-refractivity contribution in [1.29, 1.82) is 0 Å². The summed E-state index contributed by atoms with van der Waals surface area (Å²) in [6.45, 7) is 1.62. The second kappa shape index (κ2) is 3.14. The Balaban J connectivity index is 0. The first-order chi connectivity index (χ1) is 2.00. The second-order valence-electron chi connectivity index (χ2n) is 0.781. The maximum Gasteiger partial charge on any atom is 0.338 e. The maximum absolute atomic E-state index is 5.20. The molecule has 0 heterocycles. The third kappa shape index (κ3) is 71.9. The molecule has 0 rings (SSSR count). The van der Waals surface area contributed by atoms with Crippen molar-refractivity contribution in [3.05, 3.63) is 7.43 Å². The van der Waals surface area contributed by atoms with Crippen molar-refractivity contribution in [1.82, 2.24) is 0 Å². The Morgan fingerprint density at radius 3 is 1.17 bits per heavy atom. The van der Waals surface area contributed by atoms with E-state index in [1.54, 1.807) is 6.55 Å². The molecule has 0 fully saturated rings. The Morgan fingerprint density at radius 2 is 1.17 bits per heavy atom. The molecule has 0 atom stereocenters. The molecule has 0 spiro atoms. The van der Waals surface area contributed by atoms with Crippen LogP contribution in [0.25, 0.3) is 0 Å². The second-order valence-corrected chi connectivity index (χ2v) is 10.9. The zero-order chi connectivity index (χ0) is 4.50. The van der Waals surface area contributed by atoms with Crippen molar-refractivity contribution < 1.29 is 0 Å². The lowest BCUT2D eigenvalue weighted by Crippen LogP contribution is -1.97. The van der Waals surface area contributed by atoms with Crippen molar-refractivity contribution >= 4 is 39.2 Å². The molecule has 0 aromatic rings. The average molecular weight is 165 g/mol. The molecule has 0 N–H and O–H groups in total. The van der Waals surface area contributed by atoms with Crippen LogP contribution in [0.4, 0.5) is 0 Å². The highest BCUT2D eigenvalue weighted by molar-refractivity contribution is 7.64. The molecule has 39 valence electrons. The first kappa shape index (κ1) is 10.1. The molecule has 0 aliphatic carbocycles. The van der Waals surface area contributed by atoms with Crippen molar-refractivity contribution in [3.63, 3.8) is 0 Å². The monoisotopic (exact) mass is 163 g/mol. The van der Waals surface area contributed by atoms with E-state index in [0.717, 1.165) is 0 Å². The minimum atomic E-state index is -2.19. The van der Waals surface area contributed by atoms with Gasteiger partial charge in [0.05, 0.1) is 0 Å². The Kier molecular flexibility index (Phi) is 5.30. The quantitative estimate of drug-likeness (QED) is 0.382. The van der Waals surface area contributed by atoms with Crippen LogP contribution in [0.2, 0.25) is 6.55 Å². The Bertz CT molecular complexity index is 24.3. The van der Waals surface area contributed by atoms with Gasteiger partial charge in [-0.1, -0.05) is 7.43 Å². The topological polar surface area (TPSA) is 0 Å². The lowest BCUT2D eigenvalue weighted by Gasteiger charge is -1.89. The molecule has 0 aromatic carbocycles. The summed E-state index contributed by atoms with van der Waals surface area (Å²) in [7, 11) is 0. The Hall–Kier alpha value is 1.09. The summed E-state index contributed by atoms with van der Waals surface area (Å²) in [5, 5.41) is 0. The van der Waals surface area contributed by atoms with Gasteiger partial charge in [0.25, 0.3) is 0 Å². The number of rotatable bonds is 0. The molecule has 0 unspecified atom stereocenters. The minimum absolute atomic E-state index is 0. The van der Waals surface area contributed by atoms with E-state index in [0.29, 0.717) is 0 Å². The first-order valence-electron chi connectivity index (χ1n) is 1.07. The van der Waals surface area contributed by atoms with Crippen LogP contribution < -0.4 is 0 Å². The van der Waals surface area contributed by atoms with Gasteiger partial charge in [-0.15, -0.1) is 33.2 Å². The fourth-order valence-electron chi connectivity index (χ4n) is 0. The predicted molar refractivity (Wildman–Crippen MR) is 35.6 cm³/mol. The molecule has 0 aromatic heterocycles. The normalized spacial score (nSPS) is 10.0. The highest BCUT2D eigenvalue weighted by Crippen LogP contribution is 2.17. The van der Waals surface area contributed by atoms with Gasteiger partial charge < -0.3 is 0 Å². The summed E-state index contributed by atoms with van der Waals surface area (Å²) in [6.07, 6.45) is 0. The van der Waals surface area contributed by atoms with Crippen molar-refractivity contribution in [2.45, 2.75) is 6.55 Å². The highest BCUT2D eigenvalue weighted by atomic mass is 35.8. The Labute approximate surface area is 53.5 Å². The number of hydrogen-bond acceptors (Lipinski definition) is 0. The summed E-state index contributed by atoms with van der Waals surface area (Å²) in [5.74, 6) is 0. The molecule has 0 saturated heterocycles. The standard InChI is InChI=1S/CH3Cl3Si.CH3/c1-5(2,3)4;/h1H3;1H3. The Morgan fingerprint density at radius 1 is 1.17 bits per heavy atom. The third-order valence-electron chi connectivity index (χ3n) is 0. The van der Waals surface area contributed by atoms with Crippen LogP contribution in [0.3, 0.4) is 0 Å². The smallest absolute Gasteiger partial charge is 0.126 e. The lowest BCUT2D eigenvalue weighted by atomic mass is 11.9. The summed E-state index contributed by atoms with van der Waals surface area (Å²) in [5.41, 5.74) is 0. The van der Waals surface area contributed by atoms with Crippen LogP contribution in [0.15, 0.2) is 0 Å². The zero-order valence-corrected chi connectivity index (χ0v) is 6.90. The average Bonchev–Trinajstić information content (AvgIpc) is 0.722. The molecule has 0 aliphatic rings. The van der Waals surface area contributed by atoms with Gasteiger partial charge in [-0.2, -0.15) is 0 Å². The third-order valence-corrected chi connectivity index (χ3v) is 0. The fraction of sp³-hybridized carbons (Fsp3) is 0.500. The van der Waals surface area contributed by atoms with Crippen LogP contribution in [0.5, 0.6) is 0 Å². The number of halogens is 3. The molecule has 6 heavy (non-hydrogen) atoms. The van der Waals surface area contributed by atoms with Crippen LogP contribution >= 0.6 is 33.2 Å². The van der Waals surface area contributed by atoms with Crippen LogP contribution in [-0.4, -0.2) is 6.00 Å². The molecule has 0 saturated carbocycles. The summed E-state index contributed by atoms with van der Waals surface area (Å²) < 4.78 is 0. The van der Waals surface area contributed by atoms with Gasteiger partial charge in [-0.05, 0) is 6.55 Å². The van der Waals surface area contributed by atoms with Crippen LogP contribution in [-0.2, 0) is 0 Å². The van der Waals surface area contributed by atoms with Crippen LogP contribution in [0, 0.1) is 7.43 Å². The molecule has 0 amide bonds. The maximum atomic E-state index is 5.20. The summed E-state index contributed by atoms with van der Waals surface area (Å²) in [6, 6.07) is -2.19. The molecule has 0 nitrogen and oxygen atoms in total. The first-order valence-corrected chi connectivity index (χ1v) is 6.60.